The van der Waals surface area contributed by atoms with Crippen LogP contribution in [0.2, 0.25) is 0 Å². The molecule has 29 heavy (non-hydrogen) atoms. The molecule has 0 radical (unpaired) electrons. The minimum atomic E-state index is -3.62. The van der Waals surface area contributed by atoms with Crippen molar-refractivity contribution >= 4 is 33.6 Å². The van der Waals surface area contributed by atoms with Crippen LogP contribution < -0.4 is 16.1 Å². The molecule has 1 aromatic rings. The maximum absolute atomic E-state index is 12.6. The van der Waals surface area contributed by atoms with Gasteiger partial charge < -0.3 is 10.6 Å². The molecule has 160 valence electrons. The molecular formula is C18H27N5O5S. The van der Waals surface area contributed by atoms with Gasteiger partial charge in [-0.15, -0.1) is 0 Å². The molecule has 1 aliphatic rings. The Morgan fingerprint density at radius 2 is 1.86 bits per heavy atom. The average Bonchev–Trinajstić information content (AvgIpc) is 2.91. The van der Waals surface area contributed by atoms with E-state index in [1.807, 2.05) is 0 Å². The van der Waals surface area contributed by atoms with E-state index >= 15 is 0 Å². The summed E-state index contributed by atoms with van der Waals surface area (Å²) in [6.45, 7) is 7.29. The molecule has 0 bridgehead atoms. The molecule has 10 nitrogen and oxygen atoms in total. The van der Waals surface area contributed by atoms with Crippen molar-refractivity contribution in [3.8, 4) is 0 Å². The summed E-state index contributed by atoms with van der Waals surface area (Å²) >= 11 is 0. The minimum absolute atomic E-state index is 0.111. The number of anilines is 1. The van der Waals surface area contributed by atoms with Crippen molar-refractivity contribution in [1.82, 2.24) is 20.1 Å². The fourth-order valence-electron chi connectivity index (χ4n) is 2.85. The second-order valence-corrected chi connectivity index (χ2v) is 8.70. The number of rotatable bonds is 9. The normalized spacial score (nSPS) is 19.4. The highest BCUT2D eigenvalue weighted by Crippen LogP contribution is 2.20. The molecule has 1 saturated heterocycles. The highest BCUT2D eigenvalue weighted by atomic mass is 32.2. The van der Waals surface area contributed by atoms with Crippen LogP contribution >= 0.6 is 0 Å². The lowest BCUT2D eigenvalue weighted by atomic mass is 10.00. The van der Waals surface area contributed by atoms with E-state index in [2.05, 4.69) is 16.1 Å². The molecule has 0 saturated carbocycles. The van der Waals surface area contributed by atoms with Gasteiger partial charge in [0.1, 0.15) is 5.54 Å². The van der Waals surface area contributed by atoms with Crippen LogP contribution in [0.5, 0.6) is 0 Å². The second-order valence-electron chi connectivity index (χ2n) is 6.76. The van der Waals surface area contributed by atoms with Gasteiger partial charge in [-0.05, 0) is 31.5 Å². The predicted octanol–water partition coefficient (Wildman–Crippen LogP) is 0.881. The lowest BCUT2D eigenvalue weighted by Crippen LogP contribution is -2.50. The van der Waals surface area contributed by atoms with Crippen molar-refractivity contribution in [2.24, 2.45) is 0 Å². The number of carbonyl (C=O) groups excluding carboxylic acids is 3. The zero-order chi connectivity index (χ0) is 21.8. The highest BCUT2D eigenvalue weighted by molar-refractivity contribution is 7.89. The summed E-state index contributed by atoms with van der Waals surface area (Å²) in [7, 11) is -3.62. The van der Waals surface area contributed by atoms with Crippen LogP contribution in [0.15, 0.2) is 29.2 Å². The minimum Gasteiger partial charge on any atom is -0.376 e. The average molecular weight is 426 g/mol. The van der Waals surface area contributed by atoms with E-state index in [9.17, 15) is 22.8 Å². The molecule has 1 fully saturated rings. The van der Waals surface area contributed by atoms with E-state index < -0.39 is 33.4 Å². The Morgan fingerprint density at radius 3 is 2.41 bits per heavy atom. The first kappa shape index (κ1) is 22.6. The lowest BCUT2D eigenvalue weighted by molar-refractivity contribution is -0.138. The second kappa shape index (κ2) is 8.78. The number of nitrogens with zero attached hydrogens (tertiary/aromatic N) is 2. The molecule has 11 heteroatoms. The van der Waals surface area contributed by atoms with E-state index in [4.69, 9.17) is 0 Å². The van der Waals surface area contributed by atoms with Crippen molar-refractivity contribution in [2.75, 3.05) is 25.0 Å². The van der Waals surface area contributed by atoms with E-state index in [0.29, 0.717) is 30.2 Å². The Balaban J connectivity index is 2.03. The number of hydrogen-bond acceptors (Lipinski definition) is 6. The van der Waals surface area contributed by atoms with E-state index in [0.717, 1.165) is 0 Å². The molecule has 1 unspecified atom stereocenters. The van der Waals surface area contributed by atoms with Gasteiger partial charge in [-0.3, -0.25) is 15.0 Å². The first-order valence-corrected chi connectivity index (χ1v) is 10.8. The zero-order valence-corrected chi connectivity index (χ0v) is 17.8. The van der Waals surface area contributed by atoms with Crippen LogP contribution in [0.25, 0.3) is 0 Å². The summed E-state index contributed by atoms with van der Waals surface area (Å²) in [6.07, 6.45) is 0.385. The SMILES string of the molecule is CCN(CC)S(=O)(=O)c1cccc(NCC(=O)NN2C(=O)NC(C)(CC)C2=O)c1. The summed E-state index contributed by atoms with van der Waals surface area (Å²) < 4.78 is 26.5. The first-order valence-electron chi connectivity index (χ1n) is 9.39. The molecule has 1 atom stereocenters. The Kier molecular flexibility index (Phi) is 6.85. The smallest absolute Gasteiger partial charge is 0.344 e. The Morgan fingerprint density at radius 1 is 1.21 bits per heavy atom. The number of carbonyl (C=O) groups is 3. The van der Waals surface area contributed by atoms with E-state index in [-0.39, 0.29) is 11.4 Å². The third-order valence-corrected chi connectivity index (χ3v) is 6.88. The number of imide groups is 1. The largest absolute Gasteiger partial charge is 0.376 e. The fourth-order valence-corrected chi connectivity index (χ4v) is 4.36. The number of hydrazine groups is 1. The third-order valence-electron chi connectivity index (χ3n) is 4.83. The zero-order valence-electron chi connectivity index (χ0n) is 17.0. The number of nitrogens with one attached hydrogen (secondary N) is 3. The first-order chi connectivity index (χ1) is 13.6. The van der Waals surface area contributed by atoms with E-state index in [1.54, 1.807) is 39.8 Å². The summed E-state index contributed by atoms with van der Waals surface area (Å²) in [5.74, 6) is -1.16. The molecule has 0 spiro atoms. The Labute approximate surface area is 170 Å². The van der Waals surface area contributed by atoms with Crippen molar-refractivity contribution in [1.29, 1.82) is 0 Å². The van der Waals surface area contributed by atoms with Gasteiger partial charge >= 0.3 is 6.03 Å². The number of benzene rings is 1. The number of urea groups is 1. The van der Waals surface area contributed by atoms with Crippen molar-refractivity contribution < 1.29 is 22.8 Å². The molecule has 4 amide bonds. The molecule has 0 aliphatic carbocycles. The van der Waals surface area contributed by atoms with Crippen LogP contribution in [0, 0.1) is 0 Å². The molecule has 0 aromatic heterocycles. The Hall–Kier alpha value is -2.66. The van der Waals surface area contributed by atoms with Gasteiger partial charge in [0, 0.05) is 18.8 Å². The highest BCUT2D eigenvalue weighted by Gasteiger charge is 2.47. The maximum Gasteiger partial charge on any atom is 0.344 e. The molecular weight excluding hydrogens is 398 g/mol. The van der Waals surface area contributed by atoms with Crippen LogP contribution in [-0.2, 0) is 19.6 Å². The van der Waals surface area contributed by atoms with Gasteiger partial charge in [-0.25, -0.2) is 13.2 Å². The van der Waals surface area contributed by atoms with Gasteiger partial charge in [0.05, 0.1) is 11.4 Å². The monoisotopic (exact) mass is 425 g/mol. The van der Waals surface area contributed by atoms with Gasteiger partial charge in [-0.1, -0.05) is 26.8 Å². The third kappa shape index (κ3) is 4.67. The van der Waals surface area contributed by atoms with Crippen LogP contribution in [0.3, 0.4) is 0 Å². The molecule has 1 aliphatic heterocycles. The van der Waals surface area contributed by atoms with Gasteiger partial charge in [-0.2, -0.15) is 9.31 Å². The predicted molar refractivity (Wildman–Crippen MR) is 107 cm³/mol. The van der Waals surface area contributed by atoms with Crippen LogP contribution in [0.4, 0.5) is 10.5 Å². The standard InChI is InChI=1S/C18H27N5O5S/c1-5-18(4)16(25)23(17(26)20-18)21-15(24)12-19-13-9-8-10-14(11-13)29(27,28)22(6-2)7-3/h8-11,19H,5-7,12H2,1-4H3,(H,20,26)(H,21,24). The molecule has 1 heterocycles. The van der Waals surface area contributed by atoms with Gasteiger partial charge in [0.25, 0.3) is 11.8 Å². The van der Waals surface area contributed by atoms with Gasteiger partial charge in [0.2, 0.25) is 10.0 Å². The quantitative estimate of drug-likeness (QED) is 0.504. The van der Waals surface area contributed by atoms with Crippen molar-refractivity contribution in [3.05, 3.63) is 24.3 Å². The maximum atomic E-state index is 12.6. The van der Waals surface area contributed by atoms with Crippen LogP contribution in [0.1, 0.15) is 34.1 Å². The molecule has 1 aromatic carbocycles. The molecule has 2 rings (SSSR count). The van der Waals surface area contributed by atoms with Crippen LogP contribution in [-0.4, -0.2) is 60.8 Å². The number of hydrogen-bond donors (Lipinski definition) is 3. The lowest BCUT2D eigenvalue weighted by Gasteiger charge is -2.20. The number of amides is 4. The summed E-state index contributed by atoms with van der Waals surface area (Å²) in [5.41, 5.74) is 1.63. The summed E-state index contributed by atoms with van der Waals surface area (Å²) in [6, 6.07) is 5.41. The van der Waals surface area contributed by atoms with E-state index in [1.165, 1.54) is 16.4 Å². The fraction of sp³-hybridized carbons (Fsp3) is 0.500. The Bertz CT molecular complexity index is 900. The number of sulfonamides is 1. The molecule has 3 N–H and O–H groups in total. The summed E-state index contributed by atoms with van der Waals surface area (Å²) in [5, 5.41) is 6.00. The topological polar surface area (TPSA) is 128 Å². The van der Waals surface area contributed by atoms with Gasteiger partial charge in [0.15, 0.2) is 0 Å². The van der Waals surface area contributed by atoms with Crippen molar-refractivity contribution in [2.45, 2.75) is 44.6 Å². The van der Waals surface area contributed by atoms with Crippen molar-refractivity contribution in [3.63, 3.8) is 0 Å². The summed E-state index contributed by atoms with van der Waals surface area (Å²) in [4.78, 5) is 36.5.